The van der Waals surface area contributed by atoms with Crippen molar-refractivity contribution in [3.63, 3.8) is 0 Å². The highest BCUT2D eigenvalue weighted by Crippen LogP contribution is 2.24. The zero-order chi connectivity index (χ0) is 24.5. The number of pyridine rings is 1. The molecule has 6 nitrogen and oxygen atoms in total. The molecular formula is C28H29N5OS. The Bertz CT molecular complexity index is 1230. The maximum absolute atomic E-state index is 12.5. The highest BCUT2D eigenvalue weighted by Gasteiger charge is 2.10. The first-order valence-electron chi connectivity index (χ1n) is 11.6. The van der Waals surface area contributed by atoms with Crippen molar-refractivity contribution in [1.29, 1.82) is 0 Å². The molecule has 35 heavy (non-hydrogen) atoms. The Morgan fingerprint density at radius 3 is 2.37 bits per heavy atom. The van der Waals surface area contributed by atoms with Crippen LogP contribution in [0, 0.1) is 0 Å². The van der Waals surface area contributed by atoms with Crippen molar-refractivity contribution in [2.45, 2.75) is 37.3 Å². The summed E-state index contributed by atoms with van der Waals surface area (Å²) in [6, 6.07) is 23.9. The summed E-state index contributed by atoms with van der Waals surface area (Å²) >= 11 is 1.61. The third-order valence-corrected chi connectivity index (χ3v) is 6.47. The maximum atomic E-state index is 12.5. The lowest BCUT2D eigenvalue weighted by Gasteiger charge is -2.19. The number of nitrogens with zero attached hydrogens (tertiary/aromatic N) is 4. The number of aryl methyl sites for hydroxylation is 1. The molecule has 0 aliphatic carbocycles. The van der Waals surface area contributed by atoms with Gasteiger partial charge in [-0.3, -0.25) is 9.78 Å². The van der Waals surface area contributed by atoms with Crippen molar-refractivity contribution < 1.29 is 4.79 Å². The molecule has 4 aromatic rings. The molecule has 1 N–H and O–H groups in total. The van der Waals surface area contributed by atoms with Crippen LogP contribution in [0.2, 0.25) is 0 Å². The monoisotopic (exact) mass is 483 g/mol. The van der Waals surface area contributed by atoms with Gasteiger partial charge in [-0.1, -0.05) is 61.2 Å². The lowest BCUT2D eigenvalue weighted by molar-refractivity contribution is 0.0951. The molecule has 0 atom stereocenters. The number of amides is 1. The van der Waals surface area contributed by atoms with Gasteiger partial charge in [0.1, 0.15) is 5.82 Å². The summed E-state index contributed by atoms with van der Waals surface area (Å²) in [6.45, 7) is 3.37. The molecule has 0 bridgehead atoms. The number of rotatable bonds is 10. The average Bonchev–Trinajstić information content (AvgIpc) is 2.91. The second-order valence-corrected chi connectivity index (χ2v) is 9.16. The van der Waals surface area contributed by atoms with Crippen molar-refractivity contribution in [1.82, 2.24) is 20.3 Å². The van der Waals surface area contributed by atoms with Gasteiger partial charge in [0.25, 0.3) is 5.91 Å². The third kappa shape index (κ3) is 7.13. The SMILES string of the molecule is CCc1cc(N(C)Cc2ccccc2)nc(SCc2ccc(C(=O)NCc3ccncc3)cc2)n1. The number of aromatic nitrogens is 3. The van der Waals surface area contributed by atoms with Gasteiger partial charge in [-0.2, -0.15) is 0 Å². The van der Waals surface area contributed by atoms with Crippen molar-refractivity contribution in [2.75, 3.05) is 11.9 Å². The zero-order valence-corrected chi connectivity index (χ0v) is 20.8. The summed E-state index contributed by atoms with van der Waals surface area (Å²) < 4.78 is 0. The number of hydrogen-bond donors (Lipinski definition) is 1. The van der Waals surface area contributed by atoms with E-state index in [1.165, 1.54) is 5.56 Å². The number of hydrogen-bond acceptors (Lipinski definition) is 6. The predicted octanol–water partition coefficient (Wildman–Crippen LogP) is 5.29. The highest BCUT2D eigenvalue weighted by atomic mass is 32.2. The topological polar surface area (TPSA) is 71.0 Å². The van der Waals surface area contributed by atoms with Crippen LogP contribution < -0.4 is 10.2 Å². The fourth-order valence-corrected chi connectivity index (χ4v) is 4.35. The summed E-state index contributed by atoms with van der Waals surface area (Å²) in [4.78, 5) is 28.1. The Labute approximate surface area is 210 Å². The van der Waals surface area contributed by atoms with E-state index in [1.807, 2.05) is 42.5 Å². The van der Waals surface area contributed by atoms with Gasteiger partial charge in [0, 0.05) is 55.6 Å². The maximum Gasteiger partial charge on any atom is 0.251 e. The molecule has 0 spiro atoms. The lowest BCUT2D eigenvalue weighted by atomic mass is 10.1. The van der Waals surface area contributed by atoms with Crippen LogP contribution in [0.15, 0.2) is 90.3 Å². The summed E-state index contributed by atoms with van der Waals surface area (Å²) in [6.07, 6.45) is 4.29. The quantitative estimate of drug-likeness (QED) is 0.244. The molecule has 0 saturated carbocycles. The molecule has 2 aromatic heterocycles. The molecule has 0 unspecified atom stereocenters. The lowest BCUT2D eigenvalue weighted by Crippen LogP contribution is -2.22. The van der Waals surface area contributed by atoms with Gasteiger partial charge < -0.3 is 10.2 Å². The number of benzene rings is 2. The first-order chi connectivity index (χ1) is 17.1. The molecule has 0 fully saturated rings. The molecule has 2 heterocycles. The Kier molecular flexibility index (Phi) is 8.46. The minimum Gasteiger partial charge on any atom is -0.355 e. The van der Waals surface area contributed by atoms with Gasteiger partial charge in [0.2, 0.25) is 0 Å². The average molecular weight is 484 g/mol. The van der Waals surface area contributed by atoms with Crippen molar-refractivity contribution in [2.24, 2.45) is 0 Å². The molecule has 2 aromatic carbocycles. The normalized spacial score (nSPS) is 10.7. The fraction of sp³-hybridized carbons (Fsp3) is 0.214. The Balaban J connectivity index is 1.36. The van der Waals surface area contributed by atoms with Gasteiger partial charge in [-0.05, 0) is 47.4 Å². The fourth-order valence-electron chi connectivity index (χ4n) is 3.52. The second-order valence-electron chi connectivity index (χ2n) is 8.22. The highest BCUT2D eigenvalue weighted by molar-refractivity contribution is 7.98. The molecular weight excluding hydrogens is 454 g/mol. The molecule has 0 aliphatic heterocycles. The van der Waals surface area contributed by atoms with E-state index in [-0.39, 0.29) is 5.91 Å². The van der Waals surface area contributed by atoms with E-state index in [1.54, 1.807) is 24.2 Å². The third-order valence-electron chi connectivity index (χ3n) is 5.55. The van der Waals surface area contributed by atoms with Crippen LogP contribution >= 0.6 is 11.8 Å². The number of thioether (sulfide) groups is 1. The number of carbonyl (C=O) groups is 1. The summed E-state index contributed by atoms with van der Waals surface area (Å²) in [5.41, 5.74) is 5.04. The van der Waals surface area contributed by atoms with Gasteiger partial charge in [-0.25, -0.2) is 9.97 Å². The van der Waals surface area contributed by atoms with Gasteiger partial charge in [-0.15, -0.1) is 0 Å². The van der Waals surface area contributed by atoms with Crippen molar-refractivity contribution in [3.8, 4) is 0 Å². The van der Waals surface area contributed by atoms with Gasteiger partial charge >= 0.3 is 0 Å². The van der Waals surface area contributed by atoms with E-state index >= 15 is 0 Å². The van der Waals surface area contributed by atoms with E-state index in [4.69, 9.17) is 9.97 Å². The smallest absolute Gasteiger partial charge is 0.251 e. The van der Waals surface area contributed by atoms with Crippen LogP contribution in [0.25, 0.3) is 0 Å². The molecule has 0 saturated heterocycles. The van der Waals surface area contributed by atoms with E-state index in [0.29, 0.717) is 12.1 Å². The zero-order valence-electron chi connectivity index (χ0n) is 20.0. The minimum absolute atomic E-state index is 0.0916. The van der Waals surface area contributed by atoms with E-state index in [0.717, 1.165) is 46.5 Å². The Morgan fingerprint density at radius 1 is 0.914 bits per heavy atom. The van der Waals surface area contributed by atoms with E-state index in [2.05, 4.69) is 59.5 Å². The summed E-state index contributed by atoms with van der Waals surface area (Å²) in [7, 11) is 2.06. The summed E-state index contributed by atoms with van der Waals surface area (Å²) in [5.74, 6) is 1.56. The molecule has 1 amide bonds. The Morgan fingerprint density at radius 2 is 1.66 bits per heavy atom. The van der Waals surface area contributed by atoms with Gasteiger partial charge in [0.15, 0.2) is 5.16 Å². The molecule has 0 radical (unpaired) electrons. The molecule has 178 valence electrons. The van der Waals surface area contributed by atoms with Crippen LogP contribution in [0.5, 0.6) is 0 Å². The molecule has 0 aliphatic rings. The van der Waals surface area contributed by atoms with Crippen LogP contribution in [0.3, 0.4) is 0 Å². The van der Waals surface area contributed by atoms with Gasteiger partial charge in [0.05, 0.1) is 0 Å². The van der Waals surface area contributed by atoms with Crippen LogP contribution in [-0.4, -0.2) is 27.9 Å². The molecule has 7 heteroatoms. The first kappa shape index (κ1) is 24.4. The molecule has 4 rings (SSSR count). The largest absolute Gasteiger partial charge is 0.355 e. The second kappa shape index (κ2) is 12.1. The summed E-state index contributed by atoms with van der Waals surface area (Å²) in [5, 5.41) is 3.71. The first-order valence-corrected chi connectivity index (χ1v) is 12.6. The Hall–Kier alpha value is -3.71. The van der Waals surface area contributed by atoms with Crippen molar-refractivity contribution >= 4 is 23.5 Å². The van der Waals surface area contributed by atoms with Crippen LogP contribution in [0.1, 0.15) is 39.7 Å². The van der Waals surface area contributed by atoms with Crippen LogP contribution in [-0.2, 0) is 25.3 Å². The number of anilines is 1. The van der Waals surface area contributed by atoms with E-state index < -0.39 is 0 Å². The number of nitrogens with one attached hydrogen (secondary N) is 1. The predicted molar refractivity (Wildman–Crippen MR) is 141 cm³/mol. The van der Waals surface area contributed by atoms with Crippen LogP contribution in [0.4, 0.5) is 5.82 Å². The van der Waals surface area contributed by atoms with E-state index in [9.17, 15) is 4.79 Å². The van der Waals surface area contributed by atoms with Crippen molar-refractivity contribution in [3.05, 3.63) is 113 Å². The minimum atomic E-state index is -0.0916. The standard InChI is InChI=1S/C28H29N5OS/c1-3-25-17-26(33(2)19-22-7-5-4-6-8-22)32-28(31-25)35-20-23-9-11-24(12-10-23)27(34)30-18-21-13-15-29-16-14-21/h4-17H,3,18-20H2,1-2H3,(H,30,34). The number of carbonyl (C=O) groups excluding carboxylic acids is 1.